The largest absolute Gasteiger partial charge is 0.497 e. The van der Waals surface area contributed by atoms with Gasteiger partial charge in [-0.2, -0.15) is 0 Å². The van der Waals surface area contributed by atoms with Crippen LogP contribution >= 0.6 is 0 Å². The molecule has 5 aromatic rings. The average molecular weight is 576 g/mol. The molecule has 0 saturated carbocycles. The van der Waals surface area contributed by atoms with E-state index >= 15 is 0 Å². The monoisotopic (exact) mass is 575 g/mol. The van der Waals surface area contributed by atoms with Crippen molar-refractivity contribution in [2.24, 2.45) is 0 Å². The van der Waals surface area contributed by atoms with Gasteiger partial charge in [-0.25, -0.2) is 4.98 Å². The fourth-order valence-electron chi connectivity index (χ4n) is 5.68. The summed E-state index contributed by atoms with van der Waals surface area (Å²) < 4.78 is 8.75. The third kappa shape index (κ3) is 4.97. The van der Waals surface area contributed by atoms with E-state index < -0.39 is 23.4 Å². The van der Waals surface area contributed by atoms with Gasteiger partial charge in [0, 0.05) is 23.9 Å². The van der Waals surface area contributed by atoms with Gasteiger partial charge in [-0.15, -0.1) is 0 Å². The van der Waals surface area contributed by atoms with Crippen molar-refractivity contribution >= 4 is 34.3 Å². The minimum atomic E-state index is -0.876. The molecule has 1 saturated heterocycles. The molecule has 10 heteroatoms. The molecule has 1 aliphatic rings. The number of fused-ring (bicyclic) bond motifs is 1. The summed E-state index contributed by atoms with van der Waals surface area (Å²) in [6, 6.07) is 23.3. The number of hydrogen-bond acceptors (Lipinski definition) is 6. The number of anilines is 1. The lowest BCUT2D eigenvalue weighted by molar-refractivity contribution is -0.135. The number of carbonyl (C=O) groups excluding carboxylic acids is 3. The molecule has 216 valence electrons. The molecule has 3 heterocycles. The smallest absolute Gasteiger partial charge is 0.264 e. The molecular weight excluding hydrogens is 546 g/mol. The molecule has 0 spiro atoms. The molecule has 0 aliphatic carbocycles. The van der Waals surface area contributed by atoms with Crippen LogP contribution in [0.5, 0.6) is 5.75 Å². The van der Waals surface area contributed by atoms with Crippen LogP contribution in [-0.4, -0.2) is 38.9 Å². The Labute approximate surface area is 246 Å². The SMILES string of the molecule is COc1cccc(-n2c(-c3ccccc3)cc(C(=O)Nc3cccc4nc(C)n(C5CCC(=O)NC5=O)c(=O)c34)c2C)c1. The maximum atomic E-state index is 13.9. The van der Waals surface area contributed by atoms with E-state index in [-0.39, 0.29) is 29.8 Å². The summed E-state index contributed by atoms with van der Waals surface area (Å²) in [6.45, 7) is 3.51. The van der Waals surface area contributed by atoms with E-state index in [9.17, 15) is 19.2 Å². The number of amides is 3. The number of rotatable bonds is 6. The number of aromatic nitrogens is 3. The van der Waals surface area contributed by atoms with Crippen LogP contribution in [0, 0.1) is 13.8 Å². The Kier molecular flexibility index (Phi) is 7.11. The van der Waals surface area contributed by atoms with Crippen molar-refractivity contribution in [1.29, 1.82) is 0 Å². The highest BCUT2D eigenvalue weighted by Gasteiger charge is 2.31. The Hall–Kier alpha value is -5.51. The van der Waals surface area contributed by atoms with Crippen LogP contribution in [-0.2, 0) is 9.59 Å². The van der Waals surface area contributed by atoms with Crippen LogP contribution in [0.4, 0.5) is 5.69 Å². The number of ether oxygens (including phenoxy) is 1. The first-order valence-electron chi connectivity index (χ1n) is 13.9. The third-order valence-corrected chi connectivity index (χ3v) is 7.75. The summed E-state index contributed by atoms with van der Waals surface area (Å²) in [5.74, 6) is -0.307. The minimum absolute atomic E-state index is 0.117. The number of aryl methyl sites for hydroxylation is 1. The Morgan fingerprint density at radius 2 is 1.74 bits per heavy atom. The van der Waals surface area contributed by atoms with E-state index in [2.05, 4.69) is 15.6 Å². The maximum Gasteiger partial charge on any atom is 0.264 e. The number of hydrogen-bond donors (Lipinski definition) is 2. The second kappa shape index (κ2) is 11.1. The van der Waals surface area contributed by atoms with E-state index in [0.717, 1.165) is 16.9 Å². The molecule has 43 heavy (non-hydrogen) atoms. The van der Waals surface area contributed by atoms with Crippen molar-refractivity contribution < 1.29 is 19.1 Å². The minimum Gasteiger partial charge on any atom is -0.497 e. The average Bonchev–Trinajstić information content (AvgIpc) is 3.35. The van der Waals surface area contributed by atoms with Crippen LogP contribution in [0.1, 0.15) is 40.8 Å². The van der Waals surface area contributed by atoms with Gasteiger partial charge in [0.25, 0.3) is 11.5 Å². The van der Waals surface area contributed by atoms with Gasteiger partial charge < -0.3 is 14.6 Å². The van der Waals surface area contributed by atoms with Crippen molar-refractivity contribution in [3.05, 3.63) is 106 Å². The molecule has 10 nitrogen and oxygen atoms in total. The van der Waals surface area contributed by atoms with Crippen LogP contribution in [0.15, 0.2) is 83.7 Å². The predicted octanol–water partition coefficient (Wildman–Crippen LogP) is 4.71. The van der Waals surface area contributed by atoms with Gasteiger partial charge in [-0.05, 0) is 56.2 Å². The van der Waals surface area contributed by atoms with Crippen molar-refractivity contribution in [2.75, 3.05) is 12.4 Å². The Morgan fingerprint density at radius 3 is 2.49 bits per heavy atom. The maximum absolute atomic E-state index is 13.9. The lowest BCUT2D eigenvalue weighted by Gasteiger charge is -2.24. The summed E-state index contributed by atoms with van der Waals surface area (Å²) in [4.78, 5) is 56.7. The highest BCUT2D eigenvalue weighted by Crippen LogP contribution is 2.32. The lowest BCUT2D eigenvalue weighted by Crippen LogP contribution is -2.45. The Balaban J connectivity index is 1.45. The Bertz CT molecular complexity index is 1980. The van der Waals surface area contributed by atoms with Gasteiger partial charge in [0.15, 0.2) is 0 Å². The first kappa shape index (κ1) is 27.6. The van der Waals surface area contributed by atoms with Gasteiger partial charge in [-0.1, -0.05) is 42.5 Å². The van der Waals surface area contributed by atoms with Gasteiger partial charge in [0.1, 0.15) is 17.6 Å². The molecule has 3 amide bonds. The first-order chi connectivity index (χ1) is 20.8. The number of nitrogens with one attached hydrogen (secondary N) is 2. The van der Waals surface area contributed by atoms with Gasteiger partial charge >= 0.3 is 0 Å². The highest BCUT2D eigenvalue weighted by atomic mass is 16.5. The zero-order valence-electron chi connectivity index (χ0n) is 23.9. The molecule has 1 unspecified atom stereocenters. The predicted molar refractivity (Wildman–Crippen MR) is 163 cm³/mol. The van der Waals surface area contributed by atoms with Crippen LogP contribution < -0.4 is 20.9 Å². The topological polar surface area (TPSA) is 124 Å². The molecule has 0 radical (unpaired) electrons. The summed E-state index contributed by atoms with van der Waals surface area (Å²) >= 11 is 0. The quantitative estimate of drug-likeness (QED) is 0.283. The summed E-state index contributed by atoms with van der Waals surface area (Å²) in [5.41, 5.74) is 3.87. The number of benzene rings is 3. The molecule has 1 atom stereocenters. The summed E-state index contributed by atoms with van der Waals surface area (Å²) in [5, 5.41) is 5.41. The summed E-state index contributed by atoms with van der Waals surface area (Å²) in [7, 11) is 1.60. The van der Waals surface area contributed by atoms with E-state index in [0.29, 0.717) is 28.3 Å². The van der Waals surface area contributed by atoms with Gasteiger partial charge in [0.2, 0.25) is 11.8 Å². The van der Waals surface area contributed by atoms with Crippen LogP contribution in [0.25, 0.3) is 27.8 Å². The second-order valence-corrected chi connectivity index (χ2v) is 10.4. The van der Waals surface area contributed by atoms with E-state index in [1.807, 2.05) is 72.2 Å². The van der Waals surface area contributed by atoms with Gasteiger partial charge in [-0.3, -0.25) is 29.1 Å². The third-order valence-electron chi connectivity index (χ3n) is 7.75. The van der Waals surface area contributed by atoms with Crippen molar-refractivity contribution in [3.63, 3.8) is 0 Å². The van der Waals surface area contributed by atoms with Crippen molar-refractivity contribution in [1.82, 2.24) is 19.4 Å². The zero-order valence-corrected chi connectivity index (χ0v) is 23.9. The molecule has 1 fully saturated rings. The number of carbonyl (C=O) groups is 3. The van der Waals surface area contributed by atoms with E-state index in [1.54, 1.807) is 32.2 Å². The van der Waals surface area contributed by atoms with Crippen LogP contribution in [0.3, 0.4) is 0 Å². The highest BCUT2D eigenvalue weighted by molar-refractivity contribution is 6.10. The Morgan fingerprint density at radius 1 is 0.977 bits per heavy atom. The first-order valence-corrected chi connectivity index (χ1v) is 13.9. The van der Waals surface area contributed by atoms with Crippen molar-refractivity contribution in [3.8, 4) is 22.7 Å². The van der Waals surface area contributed by atoms with Crippen LogP contribution in [0.2, 0.25) is 0 Å². The molecule has 1 aliphatic heterocycles. The summed E-state index contributed by atoms with van der Waals surface area (Å²) in [6.07, 6.45) is 0.304. The lowest BCUT2D eigenvalue weighted by atomic mass is 10.1. The van der Waals surface area contributed by atoms with E-state index in [1.165, 1.54) is 4.57 Å². The normalized spacial score (nSPS) is 14.9. The van der Waals surface area contributed by atoms with Crippen molar-refractivity contribution in [2.45, 2.75) is 32.7 Å². The fourth-order valence-corrected chi connectivity index (χ4v) is 5.68. The molecule has 2 N–H and O–H groups in total. The molecular formula is C33H29N5O5. The molecule has 2 aromatic heterocycles. The second-order valence-electron chi connectivity index (χ2n) is 10.4. The van der Waals surface area contributed by atoms with E-state index in [4.69, 9.17) is 4.74 Å². The standard InChI is InChI=1S/C33H29N5O5/c1-19-24(18-28(21-9-5-4-6-10-21)37(19)22-11-7-12-23(17-22)43-3)31(40)35-26-14-8-13-25-30(26)33(42)38(20(2)34-25)27-15-16-29(39)36-32(27)41/h4-14,17-18,27H,15-16H2,1-3H3,(H,35,40)(H,36,39,41). The molecule has 0 bridgehead atoms. The fraction of sp³-hybridized carbons (Fsp3) is 0.182. The molecule has 6 rings (SSSR count). The van der Waals surface area contributed by atoms with Gasteiger partial charge in [0.05, 0.1) is 35.0 Å². The molecule has 3 aromatic carbocycles. The number of nitrogens with zero attached hydrogens (tertiary/aromatic N) is 3. The number of imide groups is 1. The zero-order chi connectivity index (χ0) is 30.2. The number of methoxy groups -OCH3 is 1. The number of piperidine rings is 1.